The molecule has 1 N–H and O–H groups in total. The summed E-state index contributed by atoms with van der Waals surface area (Å²) >= 11 is 0. The monoisotopic (exact) mass is 170 g/mol. The van der Waals surface area contributed by atoms with Crippen molar-refractivity contribution in [2.75, 3.05) is 13.7 Å². The molecule has 0 fully saturated rings. The Kier molecular flexibility index (Phi) is 3.25. The van der Waals surface area contributed by atoms with Crippen molar-refractivity contribution in [1.29, 1.82) is 0 Å². The summed E-state index contributed by atoms with van der Waals surface area (Å²) in [6, 6.07) is 1.87. The Bertz CT molecular complexity index is 245. The smallest absolute Gasteiger partial charge is 0.0881 e. The molecule has 0 amide bonds. The fraction of sp³-hybridized carbons (Fsp3) is 0.625. The Balaban J connectivity index is 2.64. The second kappa shape index (κ2) is 4.23. The van der Waals surface area contributed by atoms with E-state index in [0.717, 1.165) is 12.2 Å². The fourth-order valence-corrected chi connectivity index (χ4v) is 1.06. The van der Waals surface area contributed by atoms with Crippen LogP contribution < -0.4 is 0 Å². The van der Waals surface area contributed by atoms with Crippen molar-refractivity contribution in [3.05, 3.63) is 17.5 Å². The van der Waals surface area contributed by atoms with Gasteiger partial charge in [0.25, 0.3) is 0 Å². The Morgan fingerprint density at radius 1 is 1.67 bits per heavy atom. The highest BCUT2D eigenvalue weighted by atomic mass is 16.5. The van der Waals surface area contributed by atoms with Crippen LogP contribution in [0.2, 0.25) is 0 Å². The van der Waals surface area contributed by atoms with Crippen molar-refractivity contribution in [2.24, 2.45) is 0 Å². The van der Waals surface area contributed by atoms with Crippen LogP contribution in [0.25, 0.3) is 0 Å². The zero-order valence-corrected chi connectivity index (χ0v) is 7.45. The van der Waals surface area contributed by atoms with Gasteiger partial charge >= 0.3 is 0 Å². The van der Waals surface area contributed by atoms with E-state index in [4.69, 9.17) is 9.84 Å². The van der Waals surface area contributed by atoms with Gasteiger partial charge in [0.05, 0.1) is 25.5 Å². The van der Waals surface area contributed by atoms with Gasteiger partial charge in [0.15, 0.2) is 0 Å². The van der Waals surface area contributed by atoms with Crippen LogP contribution in [0.5, 0.6) is 0 Å². The predicted octanol–water partition coefficient (Wildman–Crippen LogP) is 0.330. The Morgan fingerprint density at radius 3 is 2.92 bits per heavy atom. The van der Waals surface area contributed by atoms with E-state index >= 15 is 0 Å². The van der Waals surface area contributed by atoms with Crippen molar-refractivity contribution in [3.8, 4) is 0 Å². The molecule has 0 radical (unpaired) electrons. The normalized spacial score (nSPS) is 10.6. The average Bonchev–Trinajstić information content (AvgIpc) is 2.43. The molecule has 0 bridgehead atoms. The van der Waals surface area contributed by atoms with Crippen LogP contribution in [0.4, 0.5) is 0 Å². The first-order valence-corrected chi connectivity index (χ1v) is 3.91. The topological polar surface area (TPSA) is 47.3 Å². The fourth-order valence-electron chi connectivity index (χ4n) is 1.06. The Hall–Kier alpha value is -0.870. The third-order valence-corrected chi connectivity index (χ3v) is 1.70. The molecule has 12 heavy (non-hydrogen) atoms. The second-order valence-electron chi connectivity index (χ2n) is 2.65. The van der Waals surface area contributed by atoms with Crippen molar-refractivity contribution < 1.29 is 9.84 Å². The van der Waals surface area contributed by atoms with E-state index in [1.54, 1.807) is 7.11 Å². The van der Waals surface area contributed by atoms with Gasteiger partial charge in [-0.1, -0.05) is 0 Å². The van der Waals surface area contributed by atoms with Crippen molar-refractivity contribution in [3.63, 3.8) is 0 Å². The van der Waals surface area contributed by atoms with Gasteiger partial charge in [-0.05, 0) is 13.0 Å². The molecule has 1 aromatic rings. The highest BCUT2D eigenvalue weighted by molar-refractivity contribution is 5.07. The van der Waals surface area contributed by atoms with Gasteiger partial charge in [0, 0.05) is 12.8 Å². The molecular formula is C8H14N2O2. The lowest BCUT2D eigenvalue weighted by Gasteiger charge is -2.01. The molecule has 1 heterocycles. The lowest BCUT2D eigenvalue weighted by Crippen LogP contribution is -2.07. The van der Waals surface area contributed by atoms with Gasteiger partial charge in [-0.25, -0.2) is 0 Å². The average molecular weight is 170 g/mol. The number of hydrogen-bond acceptors (Lipinski definition) is 3. The summed E-state index contributed by atoms with van der Waals surface area (Å²) in [5, 5.41) is 12.9. The molecule has 68 valence electrons. The maximum Gasteiger partial charge on any atom is 0.0881 e. The van der Waals surface area contributed by atoms with Crippen LogP contribution in [0.15, 0.2) is 6.07 Å². The Morgan fingerprint density at radius 2 is 2.42 bits per heavy atom. The van der Waals surface area contributed by atoms with E-state index in [0.29, 0.717) is 12.3 Å². The minimum Gasteiger partial charge on any atom is -0.390 e. The van der Waals surface area contributed by atoms with Crippen LogP contribution >= 0.6 is 0 Å². The number of aromatic nitrogens is 2. The number of aliphatic hydroxyl groups is 1. The summed E-state index contributed by atoms with van der Waals surface area (Å²) < 4.78 is 6.75. The number of rotatable bonds is 4. The third-order valence-electron chi connectivity index (χ3n) is 1.70. The molecule has 0 saturated heterocycles. The van der Waals surface area contributed by atoms with Crippen molar-refractivity contribution in [2.45, 2.75) is 20.1 Å². The first kappa shape index (κ1) is 9.22. The lowest BCUT2D eigenvalue weighted by molar-refractivity contribution is 0.182. The van der Waals surface area contributed by atoms with Crippen LogP contribution in [0, 0.1) is 6.92 Å². The van der Waals surface area contributed by atoms with E-state index in [1.807, 2.05) is 17.7 Å². The van der Waals surface area contributed by atoms with E-state index < -0.39 is 0 Å². The summed E-state index contributed by atoms with van der Waals surface area (Å²) in [6.45, 7) is 3.35. The number of aryl methyl sites for hydroxylation is 1. The van der Waals surface area contributed by atoms with Crippen LogP contribution in [0.1, 0.15) is 11.4 Å². The standard InChI is InChI=1S/C8H14N2O2/c1-7-5-8(6-11)9-10(7)3-4-12-2/h5,11H,3-4,6H2,1-2H3. The molecular weight excluding hydrogens is 156 g/mol. The number of methoxy groups -OCH3 is 1. The minimum atomic E-state index is 0.000816. The molecule has 0 atom stereocenters. The molecule has 4 heteroatoms. The largest absolute Gasteiger partial charge is 0.390 e. The number of hydrogen-bond donors (Lipinski definition) is 1. The summed E-state index contributed by atoms with van der Waals surface area (Å²) in [6.07, 6.45) is 0. The van der Waals surface area contributed by atoms with Gasteiger partial charge in [0.1, 0.15) is 0 Å². The number of ether oxygens (including phenoxy) is 1. The molecule has 1 rings (SSSR count). The maximum absolute atomic E-state index is 8.79. The molecule has 0 aliphatic rings. The van der Waals surface area contributed by atoms with Gasteiger partial charge in [-0.2, -0.15) is 5.10 Å². The SMILES string of the molecule is COCCn1nc(CO)cc1C. The quantitative estimate of drug-likeness (QED) is 0.708. The molecule has 4 nitrogen and oxygen atoms in total. The van der Waals surface area contributed by atoms with E-state index in [2.05, 4.69) is 5.10 Å². The highest BCUT2D eigenvalue weighted by Gasteiger charge is 2.01. The van der Waals surface area contributed by atoms with E-state index in [9.17, 15) is 0 Å². The van der Waals surface area contributed by atoms with Gasteiger partial charge in [0.2, 0.25) is 0 Å². The molecule has 0 unspecified atom stereocenters. The molecule has 0 aliphatic carbocycles. The van der Waals surface area contributed by atoms with Gasteiger partial charge < -0.3 is 9.84 Å². The van der Waals surface area contributed by atoms with Gasteiger partial charge in [-0.15, -0.1) is 0 Å². The van der Waals surface area contributed by atoms with Crippen LogP contribution in [0.3, 0.4) is 0 Å². The highest BCUT2D eigenvalue weighted by Crippen LogP contribution is 2.02. The second-order valence-corrected chi connectivity index (χ2v) is 2.65. The maximum atomic E-state index is 8.79. The third kappa shape index (κ3) is 2.06. The molecule has 0 aliphatic heterocycles. The van der Waals surface area contributed by atoms with Crippen molar-refractivity contribution >= 4 is 0 Å². The number of nitrogens with zero attached hydrogens (tertiary/aromatic N) is 2. The lowest BCUT2D eigenvalue weighted by atomic mass is 10.4. The van der Waals surface area contributed by atoms with E-state index in [-0.39, 0.29) is 6.61 Å². The summed E-state index contributed by atoms with van der Waals surface area (Å²) in [7, 11) is 1.66. The predicted molar refractivity (Wildman–Crippen MR) is 44.8 cm³/mol. The molecule has 0 saturated carbocycles. The Labute approximate surface area is 71.8 Å². The van der Waals surface area contributed by atoms with Crippen molar-refractivity contribution in [1.82, 2.24) is 9.78 Å². The van der Waals surface area contributed by atoms with E-state index in [1.165, 1.54) is 0 Å². The van der Waals surface area contributed by atoms with Crippen LogP contribution in [-0.4, -0.2) is 28.6 Å². The summed E-state index contributed by atoms with van der Waals surface area (Å²) in [5.74, 6) is 0. The summed E-state index contributed by atoms with van der Waals surface area (Å²) in [5.41, 5.74) is 1.76. The molecule has 1 aromatic heterocycles. The molecule has 0 aromatic carbocycles. The first-order chi connectivity index (χ1) is 5.77. The first-order valence-electron chi connectivity index (χ1n) is 3.91. The number of aliphatic hydroxyl groups excluding tert-OH is 1. The van der Waals surface area contributed by atoms with Gasteiger partial charge in [-0.3, -0.25) is 4.68 Å². The summed E-state index contributed by atoms with van der Waals surface area (Å²) in [4.78, 5) is 0. The zero-order valence-electron chi connectivity index (χ0n) is 7.45. The zero-order chi connectivity index (χ0) is 8.97. The minimum absolute atomic E-state index is 0.000816. The molecule has 0 spiro atoms. The van der Waals surface area contributed by atoms with Crippen LogP contribution in [-0.2, 0) is 17.9 Å².